The molecule has 0 saturated heterocycles. The van der Waals surface area contributed by atoms with Gasteiger partial charge in [-0.15, -0.1) is 0 Å². The van der Waals surface area contributed by atoms with Gasteiger partial charge in [0.15, 0.2) is 5.82 Å². The molecule has 1 N–H and O–H groups in total. The summed E-state index contributed by atoms with van der Waals surface area (Å²) in [5.74, 6) is 0.849. The number of hydrogen-bond acceptors (Lipinski definition) is 8. The Morgan fingerprint density at radius 2 is 2.05 bits per heavy atom. The Morgan fingerprint density at radius 1 is 1.23 bits per heavy atom. The van der Waals surface area contributed by atoms with Crippen LogP contribution in [0.2, 0.25) is 0 Å². The van der Waals surface area contributed by atoms with Crippen molar-refractivity contribution in [1.82, 2.24) is 20.4 Å². The smallest absolute Gasteiger partial charge is 0.257 e. The predicted octanol–water partition coefficient (Wildman–Crippen LogP) is 0.558. The number of ether oxygens (including phenoxy) is 3. The summed E-state index contributed by atoms with van der Waals surface area (Å²) in [7, 11) is 4.43. The van der Waals surface area contributed by atoms with Gasteiger partial charge in [-0.3, -0.25) is 4.79 Å². The topological polar surface area (TPSA) is 109 Å². The molecule has 118 valence electrons. The van der Waals surface area contributed by atoms with Crippen molar-refractivity contribution in [2.75, 3.05) is 21.3 Å². The van der Waals surface area contributed by atoms with E-state index in [9.17, 15) is 4.79 Å². The number of aromatic nitrogens is 3. The summed E-state index contributed by atoms with van der Waals surface area (Å²) >= 11 is 0. The highest BCUT2D eigenvalue weighted by Crippen LogP contribution is 2.19. The van der Waals surface area contributed by atoms with Crippen LogP contribution in [0.5, 0.6) is 11.8 Å². The van der Waals surface area contributed by atoms with Gasteiger partial charge in [-0.05, 0) is 6.07 Å². The number of methoxy groups -OCH3 is 3. The first-order valence-corrected chi connectivity index (χ1v) is 6.35. The number of rotatable bonds is 7. The fourth-order valence-corrected chi connectivity index (χ4v) is 1.66. The second-order valence-corrected chi connectivity index (χ2v) is 4.13. The lowest BCUT2D eigenvalue weighted by Crippen LogP contribution is -2.24. The Balaban J connectivity index is 2.02. The number of hydrogen-bond donors (Lipinski definition) is 1. The third-order valence-electron chi connectivity index (χ3n) is 2.67. The van der Waals surface area contributed by atoms with E-state index in [1.165, 1.54) is 21.3 Å². The highest BCUT2D eigenvalue weighted by atomic mass is 16.5. The van der Waals surface area contributed by atoms with Gasteiger partial charge in [-0.1, -0.05) is 5.16 Å². The van der Waals surface area contributed by atoms with Gasteiger partial charge in [0, 0.05) is 13.2 Å². The molecule has 0 atom stereocenters. The Hall–Kier alpha value is -2.68. The summed E-state index contributed by atoms with van der Waals surface area (Å²) in [4.78, 5) is 20.2. The van der Waals surface area contributed by atoms with Crippen molar-refractivity contribution in [2.24, 2.45) is 0 Å². The van der Waals surface area contributed by atoms with Crippen LogP contribution in [0.1, 0.15) is 22.1 Å². The van der Waals surface area contributed by atoms with Crippen molar-refractivity contribution in [3.05, 3.63) is 29.4 Å². The van der Waals surface area contributed by atoms with E-state index in [4.69, 9.17) is 18.7 Å². The van der Waals surface area contributed by atoms with E-state index < -0.39 is 0 Å². The van der Waals surface area contributed by atoms with Crippen molar-refractivity contribution >= 4 is 5.91 Å². The first-order chi connectivity index (χ1) is 10.7. The largest absolute Gasteiger partial charge is 0.481 e. The van der Waals surface area contributed by atoms with E-state index in [1.807, 2.05) is 0 Å². The highest BCUT2D eigenvalue weighted by molar-refractivity contribution is 5.96. The Bertz CT molecular complexity index is 643. The lowest BCUT2D eigenvalue weighted by molar-refractivity contribution is 0.0945. The van der Waals surface area contributed by atoms with E-state index in [0.717, 1.165) is 0 Å². The maximum atomic E-state index is 12.1. The average Bonchev–Trinajstić information content (AvgIpc) is 3.00. The van der Waals surface area contributed by atoms with E-state index in [2.05, 4.69) is 20.4 Å². The third kappa shape index (κ3) is 3.70. The molecule has 2 aromatic heterocycles. The molecule has 2 rings (SSSR count). The summed E-state index contributed by atoms with van der Waals surface area (Å²) < 4.78 is 19.9. The molecule has 0 spiro atoms. The fourth-order valence-electron chi connectivity index (χ4n) is 1.66. The van der Waals surface area contributed by atoms with Crippen molar-refractivity contribution in [3.8, 4) is 11.8 Å². The summed E-state index contributed by atoms with van der Waals surface area (Å²) in [6.45, 7) is 0.332. The molecule has 9 heteroatoms. The van der Waals surface area contributed by atoms with Crippen molar-refractivity contribution < 1.29 is 23.5 Å². The van der Waals surface area contributed by atoms with E-state index >= 15 is 0 Å². The lowest BCUT2D eigenvalue weighted by atomic mass is 10.2. The second-order valence-electron chi connectivity index (χ2n) is 4.13. The minimum Gasteiger partial charge on any atom is -0.481 e. The number of nitrogens with zero attached hydrogens (tertiary/aromatic N) is 3. The molecule has 0 aliphatic heterocycles. The quantitative estimate of drug-likeness (QED) is 0.790. The molecule has 0 aliphatic carbocycles. The highest BCUT2D eigenvalue weighted by Gasteiger charge is 2.15. The normalized spacial score (nSPS) is 10.3. The van der Waals surface area contributed by atoms with Gasteiger partial charge >= 0.3 is 0 Å². The van der Waals surface area contributed by atoms with Crippen molar-refractivity contribution in [2.45, 2.75) is 13.2 Å². The molecule has 2 heterocycles. The second kappa shape index (κ2) is 7.36. The van der Waals surface area contributed by atoms with Crippen LogP contribution < -0.4 is 14.8 Å². The monoisotopic (exact) mass is 308 g/mol. The number of amides is 1. The fraction of sp³-hybridized carbons (Fsp3) is 0.385. The van der Waals surface area contributed by atoms with Gasteiger partial charge in [0.05, 0.1) is 20.8 Å². The summed E-state index contributed by atoms with van der Waals surface area (Å²) in [5.41, 5.74) is 0.281. The Kier molecular flexibility index (Phi) is 5.26. The number of pyridine rings is 1. The summed E-state index contributed by atoms with van der Waals surface area (Å²) in [6, 6.07) is 3.13. The first-order valence-electron chi connectivity index (χ1n) is 6.35. The van der Waals surface area contributed by atoms with Crippen LogP contribution in [0.3, 0.4) is 0 Å². The van der Waals surface area contributed by atoms with Gasteiger partial charge in [0.1, 0.15) is 12.2 Å². The van der Waals surface area contributed by atoms with Gasteiger partial charge in [-0.2, -0.15) is 9.97 Å². The molecule has 0 aromatic carbocycles. The molecule has 2 aromatic rings. The number of nitrogens with one attached hydrogen (secondary N) is 1. The van der Waals surface area contributed by atoms with Crippen molar-refractivity contribution in [1.29, 1.82) is 0 Å². The molecule has 0 fully saturated rings. The molecule has 0 radical (unpaired) electrons. The molecular formula is C13H16N4O5. The standard InChI is InChI=1S/C13H16N4O5/c1-19-7-11-15-9(17-22-11)6-14-12(18)8-4-5-10(20-2)16-13(8)21-3/h4-5H,6-7H2,1-3H3,(H,14,18). The summed E-state index contributed by atoms with van der Waals surface area (Å²) in [6.07, 6.45) is 0. The lowest BCUT2D eigenvalue weighted by Gasteiger charge is -2.08. The molecule has 0 bridgehead atoms. The Morgan fingerprint density at radius 3 is 2.73 bits per heavy atom. The molecule has 0 unspecified atom stereocenters. The number of carbonyl (C=O) groups is 1. The van der Waals surface area contributed by atoms with E-state index in [-0.39, 0.29) is 30.5 Å². The van der Waals surface area contributed by atoms with Crippen LogP contribution in [0.15, 0.2) is 16.7 Å². The molecule has 1 amide bonds. The molecule has 0 saturated carbocycles. The summed E-state index contributed by atoms with van der Waals surface area (Å²) in [5, 5.41) is 6.38. The average molecular weight is 308 g/mol. The SMILES string of the molecule is COCc1nc(CNC(=O)c2ccc(OC)nc2OC)no1. The predicted molar refractivity (Wildman–Crippen MR) is 73.5 cm³/mol. The van der Waals surface area contributed by atoms with Gasteiger partial charge in [-0.25, -0.2) is 0 Å². The third-order valence-corrected chi connectivity index (χ3v) is 2.67. The Labute approximate surface area is 126 Å². The maximum Gasteiger partial charge on any atom is 0.257 e. The zero-order valence-electron chi connectivity index (χ0n) is 12.5. The molecular weight excluding hydrogens is 292 g/mol. The van der Waals surface area contributed by atoms with E-state index in [1.54, 1.807) is 12.1 Å². The van der Waals surface area contributed by atoms with Gasteiger partial charge in [0.25, 0.3) is 11.8 Å². The van der Waals surface area contributed by atoms with Crippen LogP contribution in [0, 0.1) is 0 Å². The van der Waals surface area contributed by atoms with Crippen LogP contribution in [-0.4, -0.2) is 42.4 Å². The molecule has 22 heavy (non-hydrogen) atoms. The van der Waals surface area contributed by atoms with Crippen LogP contribution in [0.4, 0.5) is 0 Å². The van der Waals surface area contributed by atoms with Crippen LogP contribution in [-0.2, 0) is 17.9 Å². The van der Waals surface area contributed by atoms with Gasteiger partial charge < -0.3 is 24.1 Å². The minimum absolute atomic E-state index is 0.112. The first kappa shape index (κ1) is 15.7. The molecule has 9 nitrogen and oxygen atoms in total. The zero-order chi connectivity index (χ0) is 15.9. The van der Waals surface area contributed by atoms with Crippen molar-refractivity contribution in [3.63, 3.8) is 0 Å². The zero-order valence-corrected chi connectivity index (χ0v) is 12.5. The van der Waals surface area contributed by atoms with E-state index in [0.29, 0.717) is 17.6 Å². The maximum absolute atomic E-state index is 12.1. The minimum atomic E-state index is -0.370. The van der Waals surface area contributed by atoms with Crippen LogP contribution >= 0.6 is 0 Å². The van der Waals surface area contributed by atoms with Crippen LogP contribution in [0.25, 0.3) is 0 Å². The van der Waals surface area contributed by atoms with Gasteiger partial charge in [0.2, 0.25) is 11.8 Å². The number of carbonyl (C=O) groups excluding carboxylic acids is 1. The molecule has 0 aliphatic rings.